The molecular weight excluding hydrogens is 284 g/mol. The third-order valence-corrected chi connectivity index (χ3v) is 4.41. The molecule has 1 amide bonds. The van der Waals surface area contributed by atoms with E-state index < -0.39 is 0 Å². The smallest absolute Gasteiger partial charge is 0.265 e. The van der Waals surface area contributed by atoms with Crippen LogP contribution in [0.5, 0.6) is 5.75 Å². The number of carbonyl (C=O) groups is 1. The molecule has 0 saturated heterocycles. The van der Waals surface area contributed by atoms with E-state index in [2.05, 4.69) is 10.6 Å². The molecule has 0 fully saturated rings. The van der Waals surface area contributed by atoms with Gasteiger partial charge in [0.1, 0.15) is 10.6 Å². The number of rotatable bonds is 6. The van der Waals surface area contributed by atoms with Gasteiger partial charge in [-0.2, -0.15) is 0 Å². The van der Waals surface area contributed by atoms with Crippen LogP contribution in [0, 0.1) is 0 Å². The Morgan fingerprint density at radius 2 is 2.05 bits per heavy atom. The summed E-state index contributed by atoms with van der Waals surface area (Å²) in [4.78, 5) is 13.9. The van der Waals surface area contributed by atoms with Gasteiger partial charge in [-0.15, -0.1) is 11.3 Å². The second-order valence-electron chi connectivity index (χ2n) is 4.77. The summed E-state index contributed by atoms with van der Waals surface area (Å²) < 4.78 is 5.34. The fourth-order valence-electron chi connectivity index (χ4n) is 1.86. The zero-order valence-corrected chi connectivity index (χ0v) is 13.3. The number of carbonyl (C=O) groups excluding carboxylic acids is 1. The maximum atomic E-state index is 12.3. The highest BCUT2D eigenvalue weighted by atomic mass is 32.1. The number of thiophene rings is 1. The average Bonchev–Trinajstić information content (AvgIpc) is 2.97. The lowest BCUT2D eigenvalue weighted by atomic mass is 10.2. The lowest BCUT2D eigenvalue weighted by Gasteiger charge is -2.11. The number of likely N-dealkylation sites (N-methyl/N-ethyl adjacent to an activating group) is 1. The summed E-state index contributed by atoms with van der Waals surface area (Å²) in [5.41, 5.74) is 1.09. The predicted octanol–water partition coefficient (Wildman–Crippen LogP) is 2.76. The van der Waals surface area contributed by atoms with E-state index in [1.807, 2.05) is 50.4 Å². The van der Waals surface area contributed by atoms with Crippen LogP contribution >= 0.6 is 11.3 Å². The summed E-state index contributed by atoms with van der Waals surface area (Å²) in [6.45, 7) is 2.60. The third kappa shape index (κ3) is 3.83. The molecule has 1 aromatic heterocycles. The van der Waals surface area contributed by atoms with Gasteiger partial charge in [-0.1, -0.05) is 30.3 Å². The Kier molecular flexibility index (Phi) is 5.36. The standard InChI is InChI=1S/C16H20N2O2S/c1-11(17-2)10-18-16(19)15-13(20-3)9-14(21-15)12-7-5-4-6-8-12/h4-9,11,17H,10H2,1-3H3,(H,18,19). The molecule has 2 N–H and O–H groups in total. The van der Waals surface area contributed by atoms with Gasteiger partial charge < -0.3 is 15.4 Å². The quantitative estimate of drug-likeness (QED) is 0.863. The van der Waals surface area contributed by atoms with Gasteiger partial charge in [-0.05, 0) is 25.6 Å². The third-order valence-electron chi connectivity index (χ3n) is 3.24. The van der Waals surface area contributed by atoms with Gasteiger partial charge in [0, 0.05) is 17.5 Å². The minimum absolute atomic E-state index is 0.0962. The summed E-state index contributed by atoms with van der Waals surface area (Å²) in [6, 6.07) is 12.1. The normalized spacial score (nSPS) is 12.0. The fraction of sp³-hybridized carbons (Fsp3) is 0.312. The monoisotopic (exact) mass is 304 g/mol. The Morgan fingerprint density at radius 3 is 2.67 bits per heavy atom. The number of benzene rings is 1. The van der Waals surface area contributed by atoms with Crippen molar-refractivity contribution in [3.8, 4) is 16.2 Å². The van der Waals surface area contributed by atoms with E-state index in [1.54, 1.807) is 7.11 Å². The minimum Gasteiger partial charge on any atom is -0.495 e. The molecule has 2 rings (SSSR count). The molecule has 1 aromatic carbocycles. The van der Waals surface area contributed by atoms with E-state index in [0.29, 0.717) is 17.2 Å². The molecule has 112 valence electrons. The Balaban J connectivity index is 2.19. The van der Waals surface area contributed by atoms with Crippen LogP contribution in [0.25, 0.3) is 10.4 Å². The second kappa shape index (κ2) is 7.24. The Bertz CT molecular complexity index is 596. The van der Waals surface area contributed by atoms with E-state index >= 15 is 0 Å². The molecule has 0 aliphatic rings. The van der Waals surface area contributed by atoms with Crippen molar-refractivity contribution >= 4 is 17.2 Å². The van der Waals surface area contributed by atoms with Crippen LogP contribution < -0.4 is 15.4 Å². The van der Waals surface area contributed by atoms with Crippen LogP contribution in [-0.2, 0) is 0 Å². The van der Waals surface area contributed by atoms with Crippen LogP contribution in [0.15, 0.2) is 36.4 Å². The highest BCUT2D eigenvalue weighted by Gasteiger charge is 2.18. The molecule has 0 saturated carbocycles. The van der Waals surface area contributed by atoms with Crippen LogP contribution in [-0.4, -0.2) is 32.7 Å². The Labute approximate surface area is 129 Å². The average molecular weight is 304 g/mol. The highest BCUT2D eigenvalue weighted by molar-refractivity contribution is 7.17. The van der Waals surface area contributed by atoms with E-state index in [9.17, 15) is 4.79 Å². The van der Waals surface area contributed by atoms with Crippen molar-refractivity contribution in [2.24, 2.45) is 0 Å². The van der Waals surface area contributed by atoms with E-state index in [1.165, 1.54) is 11.3 Å². The van der Waals surface area contributed by atoms with Gasteiger partial charge in [0.15, 0.2) is 0 Å². The van der Waals surface area contributed by atoms with Crippen molar-refractivity contribution in [1.29, 1.82) is 0 Å². The molecule has 5 heteroatoms. The first-order chi connectivity index (χ1) is 10.2. The minimum atomic E-state index is -0.0962. The zero-order valence-electron chi connectivity index (χ0n) is 12.5. The molecule has 0 bridgehead atoms. The first-order valence-corrected chi connectivity index (χ1v) is 7.66. The summed E-state index contributed by atoms with van der Waals surface area (Å²) in [5, 5.41) is 6.01. The summed E-state index contributed by atoms with van der Waals surface area (Å²) >= 11 is 1.45. The first kappa shape index (κ1) is 15.5. The number of ether oxygens (including phenoxy) is 1. The zero-order chi connectivity index (χ0) is 15.2. The predicted molar refractivity (Wildman–Crippen MR) is 87.2 cm³/mol. The topological polar surface area (TPSA) is 50.4 Å². The molecule has 21 heavy (non-hydrogen) atoms. The number of hydrogen-bond donors (Lipinski definition) is 2. The SMILES string of the molecule is CNC(C)CNC(=O)c1sc(-c2ccccc2)cc1OC. The number of nitrogens with one attached hydrogen (secondary N) is 2. The molecular formula is C16H20N2O2S. The van der Waals surface area contributed by atoms with E-state index in [4.69, 9.17) is 4.74 Å². The molecule has 1 heterocycles. The Morgan fingerprint density at radius 1 is 1.33 bits per heavy atom. The van der Waals surface area contributed by atoms with Crippen LogP contribution in [0.1, 0.15) is 16.6 Å². The van der Waals surface area contributed by atoms with E-state index in [0.717, 1.165) is 10.4 Å². The highest BCUT2D eigenvalue weighted by Crippen LogP contribution is 2.35. The van der Waals surface area contributed by atoms with Crippen molar-refractivity contribution in [3.63, 3.8) is 0 Å². The molecule has 0 aliphatic heterocycles. The lowest BCUT2D eigenvalue weighted by molar-refractivity contribution is 0.0952. The van der Waals surface area contributed by atoms with E-state index in [-0.39, 0.29) is 11.9 Å². The van der Waals surface area contributed by atoms with Crippen LogP contribution in [0.4, 0.5) is 0 Å². The van der Waals surface area contributed by atoms with Crippen molar-refractivity contribution in [2.45, 2.75) is 13.0 Å². The van der Waals surface area contributed by atoms with Crippen LogP contribution in [0.2, 0.25) is 0 Å². The molecule has 0 spiro atoms. The number of amides is 1. The fourth-order valence-corrected chi connectivity index (χ4v) is 2.90. The molecule has 0 radical (unpaired) electrons. The van der Waals surface area contributed by atoms with Crippen molar-refractivity contribution in [1.82, 2.24) is 10.6 Å². The van der Waals surface area contributed by atoms with Gasteiger partial charge in [-0.25, -0.2) is 0 Å². The maximum Gasteiger partial charge on any atom is 0.265 e. The molecule has 0 aliphatic carbocycles. The number of hydrogen-bond acceptors (Lipinski definition) is 4. The second-order valence-corrected chi connectivity index (χ2v) is 5.83. The van der Waals surface area contributed by atoms with Crippen molar-refractivity contribution in [2.75, 3.05) is 20.7 Å². The van der Waals surface area contributed by atoms with Crippen molar-refractivity contribution in [3.05, 3.63) is 41.3 Å². The summed E-state index contributed by atoms with van der Waals surface area (Å²) in [6.07, 6.45) is 0. The lowest BCUT2D eigenvalue weighted by Crippen LogP contribution is -2.36. The van der Waals surface area contributed by atoms with Gasteiger partial charge in [0.05, 0.1) is 7.11 Å². The van der Waals surface area contributed by atoms with Gasteiger partial charge >= 0.3 is 0 Å². The summed E-state index contributed by atoms with van der Waals surface area (Å²) in [5.74, 6) is 0.523. The first-order valence-electron chi connectivity index (χ1n) is 6.84. The number of methoxy groups -OCH3 is 1. The summed E-state index contributed by atoms with van der Waals surface area (Å²) in [7, 11) is 3.46. The van der Waals surface area contributed by atoms with Gasteiger partial charge in [-0.3, -0.25) is 4.79 Å². The molecule has 1 atom stereocenters. The molecule has 4 nitrogen and oxygen atoms in total. The van der Waals surface area contributed by atoms with Gasteiger partial charge in [0.2, 0.25) is 0 Å². The molecule has 2 aromatic rings. The van der Waals surface area contributed by atoms with Crippen molar-refractivity contribution < 1.29 is 9.53 Å². The largest absolute Gasteiger partial charge is 0.495 e. The van der Waals surface area contributed by atoms with Gasteiger partial charge in [0.25, 0.3) is 5.91 Å². The van der Waals surface area contributed by atoms with Crippen LogP contribution in [0.3, 0.4) is 0 Å². The maximum absolute atomic E-state index is 12.3. The Hall–Kier alpha value is -1.85. The molecule has 1 unspecified atom stereocenters.